The van der Waals surface area contributed by atoms with Crippen molar-refractivity contribution >= 4 is 28.5 Å². The smallest absolute Gasteiger partial charge is 0.264 e. The molecule has 1 N–H and O–H groups in total. The first-order valence-corrected chi connectivity index (χ1v) is 7.87. The molecule has 1 aromatic rings. The fraction of sp³-hybridized carbons (Fsp3) is 0.571. The average molecular weight is 388 g/mol. The van der Waals surface area contributed by atoms with Crippen LogP contribution in [0.15, 0.2) is 10.9 Å². The molecule has 2 aliphatic heterocycles. The second kappa shape index (κ2) is 5.14. The van der Waals surface area contributed by atoms with Gasteiger partial charge in [-0.15, -0.1) is 0 Å². The molecule has 1 amide bonds. The summed E-state index contributed by atoms with van der Waals surface area (Å²) >= 11 is 2.01. The molecular weight excluding hydrogens is 371 g/mol. The third kappa shape index (κ3) is 2.18. The zero-order valence-electron chi connectivity index (χ0n) is 11.3. The topological polar surface area (TPSA) is 62.5 Å². The highest BCUT2D eigenvalue weighted by Gasteiger charge is 2.36. The van der Waals surface area contributed by atoms with Gasteiger partial charge in [0.05, 0.1) is 10.2 Å². The third-order valence-electron chi connectivity index (χ3n) is 4.36. The van der Waals surface area contributed by atoms with Crippen LogP contribution in [0.1, 0.15) is 30.5 Å². The first-order valence-electron chi connectivity index (χ1n) is 6.79. The second-order valence-corrected chi connectivity index (χ2v) is 6.78. The molecule has 1 aromatic heterocycles. The van der Waals surface area contributed by atoms with Crippen LogP contribution in [0.3, 0.4) is 0 Å². The van der Waals surface area contributed by atoms with Crippen LogP contribution in [0.25, 0.3) is 0 Å². The zero-order chi connectivity index (χ0) is 14.4. The van der Waals surface area contributed by atoms with Gasteiger partial charge < -0.3 is 14.6 Å². The van der Waals surface area contributed by atoms with Crippen molar-refractivity contribution in [1.29, 1.82) is 0 Å². The monoisotopic (exact) mass is 388 g/mol. The van der Waals surface area contributed by atoms with E-state index >= 15 is 0 Å². The van der Waals surface area contributed by atoms with Crippen LogP contribution in [0.4, 0.5) is 0 Å². The molecule has 1 saturated heterocycles. The van der Waals surface area contributed by atoms with E-state index in [0.717, 1.165) is 18.7 Å². The number of piperidine rings is 1. The Bertz CT molecular complexity index is 626. The molecule has 0 aliphatic carbocycles. The van der Waals surface area contributed by atoms with Crippen molar-refractivity contribution in [1.82, 2.24) is 9.47 Å². The lowest BCUT2D eigenvalue weighted by Gasteiger charge is -2.42. The molecule has 2 unspecified atom stereocenters. The van der Waals surface area contributed by atoms with Crippen LogP contribution < -0.4 is 5.56 Å². The maximum absolute atomic E-state index is 12.4. The fourth-order valence-corrected chi connectivity index (χ4v) is 4.02. The standard InChI is InChI=1S/C14H17IN2O3/c1-8(19)16-4-9-2-10(6-16)12-3-11(7-18)13(15)14(20)17(12)5-9/h3,9-10,18H,2,4-7H2,1H3. The number of hydrogen-bond donors (Lipinski definition) is 1. The van der Waals surface area contributed by atoms with Gasteiger partial charge in [-0.25, -0.2) is 0 Å². The predicted molar refractivity (Wildman–Crippen MR) is 82.4 cm³/mol. The molecule has 6 heteroatoms. The highest BCUT2D eigenvalue weighted by molar-refractivity contribution is 14.1. The quantitative estimate of drug-likeness (QED) is 0.728. The molecule has 0 radical (unpaired) electrons. The number of rotatable bonds is 1. The molecule has 2 atom stereocenters. The summed E-state index contributed by atoms with van der Waals surface area (Å²) in [5, 5.41) is 9.39. The minimum Gasteiger partial charge on any atom is -0.392 e. The Labute approximate surface area is 130 Å². The highest BCUT2D eigenvalue weighted by Crippen LogP contribution is 2.35. The SMILES string of the molecule is CC(=O)N1CC2CC(C1)c1cc(CO)c(I)c(=O)n1C2. The summed E-state index contributed by atoms with van der Waals surface area (Å²) in [4.78, 5) is 25.9. The lowest BCUT2D eigenvalue weighted by Crippen LogP contribution is -2.49. The summed E-state index contributed by atoms with van der Waals surface area (Å²) in [7, 11) is 0. The summed E-state index contributed by atoms with van der Waals surface area (Å²) in [5.74, 6) is 0.670. The van der Waals surface area contributed by atoms with E-state index in [4.69, 9.17) is 0 Å². The van der Waals surface area contributed by atoms with E-state index in [1.807, 2.05) is 38.1 Å². The normalized spacial score (nSPS) is 24.4. The summed E-state index contributed by atoms with van der Waals surface area (Å²) in [5.41, 5.74) is 1.67. The maximum Gasteiger partial charge on any atom is 0.264 e. The van der Waals surface area contributed by atoms with Crippen LogP contribution in [0, 0.1) is 9.49 Å². The number of aliphatic hydroxyl groups excluding tert-OH is 1. The van der Waals surface area contributed by atoms with E-state index in [0.29, 0.717) is 28.1 Å². The number of nitrogens with zero attached hydrogens (tertiary/aromatic N) is 2. The number of carbonyl (C=O) groups is 1. The summed E-state index contributed by atoms with van der Waals surface area (Å²) in [6.07, 6.45) is 1.02. The van der Waals surface area contributed by atoms with Gasteiger partial charge in [0.15, 0.2) is 0 Å². The first kappa shape index (κ1) is 14.1. The number of hydrogen-bond acceptors (Lipinski definition) is 3. The van der Waals surface area contributed by atoms with Crippen molar-refractivity contribution in [3.8, 4) is 0 Å². The Hall–Kier alpha value is -0.890. The number of aliphatic hydroxyl groups is 1. The van der Waals surface area contributed by atoms with Crippen LogP contribution in [0.2, 0.25) is 0 Å². The fourth-order valence-electron chi connectivity index (χ4n) is 3.40. The van der Waals surface area contributed by atoms with Crippen molar-refractivity contribution in [2.24, 2.45) is 5.92 Å². The van der Waals surface area contributed by atoms with Crippen LogP contribution in [-0.2, 0) is 17.9 Å². The molecule has 20 heavy (non-hydrogen) atoms. The summed E-state index contributed by atoms with van der Waals surface area (Å²) in [6, 6.07) is 1.94. The average Bonchev–Trinajstić information content (AvgIpc) is 2.43. The van der Waals surface area contributed by atoms with Gasteiger partial charge in [0, 0.05) is 38.2 Å². The van der Waals surface area contributed by atoms with Gasteiger partial charge in [-0.1, -0.05) is 0 Å². The molecule has 3 rings (SSSR count). The van der Waals surface area contributed by atoms with Crippen molar-refractivity contribution < 1.29 is 9.90 Å². The number of pyridine rings is 1. The Kier molecular flexibility index (Phi) is 3.62. The molecular formula is C14H17IN2O3. The Morgan fingerprint density at radius 3 is 2.85 bits per heavy atom. The van der Waals surface area contributed by atoms with Crippen molar-refractivity contribution in [3.05, 3.63) is 31.2 Å². The van der Waals surface area contributed by atoms with E-state index < -0.39 is 0 Å². The summed E-state index contributed by atoms with van der Waals surface area (Å²) < 4.78 is 2.45. The Morgan fingerprint density at radius 2 is 2.20 bits per heavy atom. The molecule has 2 aliphatic rings. The molecule has 3 heterocycles. The molecule has 5 nitrogen and oxygen atoms in total. The number of carbonyl (C=O) groups excluding carboxylic acids is 1. The van der Waals surface area contributed by atoms with Crippen molar-refractivity contribution in [3.63, 3.8) is 0 Å². The summed E-state index contributed by atoms with van der Waals surface area (Å²) in [6.45, 7) is 3.58. The van der Waals surface area contributed by atoms with Gasteiger partial charge in [0.1, 0.15) is 0 Å². The number of aromatic nitrogens is 1. The van der Waals surface area contributed by atoms with Gasteiger partial charge >= 0.3 is 0 Å². The van der Waals surface area contributed by atoms with Gasteiger partial charge in [-0.05, 0) is 46.6 Å². The molecule has 0 spiro atoms. The van der Waals surface area contributed by atoms with Gasteiger partial charge in [0.2, 0.25) is 5.91 Å². The third-order valence-corrected chi connectivity index (χ3v) is 5.51. The predicted octanol–water partition coefficient (Wildman–Crippen LogP) is 0.911. The van der Waals surface area contributed by atoms with E-state index in [1.165, 1.54) is 0 Å². The first-order chi connectivity index (χ1) is 9.51. The van der Waals surface area contributed by atoms with Gasteiger partial charge in [-0.2, -0.15) is 0 Å². The largest absolute Gasteiger partial charge is 0.392 e. The lowest BCUT2D eigenvalue weighted by atomic mass is 9.82. The molecule has 108 valence electrons. The minimum absolute atomic E-state index is 0.00174. The molecule has 1 fully saturated rings. The van der Waals surface area contributed by atoms with Crippen LogP contribution in [0.5, 0.6) is 0 Å². The Morgan fingerprint density at radius 1 is 1.45 bits per heavy atom. The minimum atomic E-state index is -0.117. The number of halogens is 1. The number of fused-ring (bicyclic) bond motifs is 4. The van der Waals surface area contributed by atoms with E-state index in [2.05, 4.69) is 0 Å². The maximum atomic E-state index is 12.4. The zero-order valence-corrected chi connectivity index (χ0v) is 13.5. The molecule has 0 saturated carbocycles. The van der Waals surface area contributed by atoms with Crippen LogP contribution >= 0.6 is 22.6 Å². The van der Waals surface area contributed by atoms with Crippen LogP contribution in [-0.4, -0.2) is 33.6 Å². The van der Waals surface area contributed by atoms with E-state index in [9.17, 15) is 14.7 Å². The number of likely N-dealkylation sites (tertiary alicyclic amines) is 1. The van der Waals surface area contributed by atoms with Gasteiger partial charge in [0.25, 0.3) is 5.56 Å². The number of amides is 1. The van der Waals surface area contributed by atoms with E-state index in [-0.39, 0.29) is 24.0 Å². The second-order valence-electron chi connectivity index (χ2n) is 5.70. The molecule has 2 bridgehead atoms. The Balaban J connectivity index is 2.07. The molecule has 0 aromatic carbocycles. The van der Waals surface area contributed by atoms with Gasteiger partial charge in [-0.3, -0.25) is 9.59 Å². The van der Waals surface area contributed by atoms with Crippen molar-refractivity contribution in [2.45, 2.75) is 32.4 Å². The highest BCUT2D eigenvalue weighted by atomic mass is 127. The lowest BCUT2D eigenvalue weighted by molar-refractivity contribution is -0.131. The van der Waals surface area contributed by atoms with Crippen molar-refractivity contribution in [2.75, 3.05) is 13.1 Å². The van der Waals surface area contributed by atoms with E-state index in [1.54, 1.807) is 6.92 Å².